The second-order valence-corrected chi connectivity index (χ2v) is 9.00. The van der Waals surface area contributed by atoms with Crippen molar-refractivity contribution in [3.8, 4) is 0 Å². The number of hydrogen-bond acceptors (Lipinski definition) is 3. The Morgan fingerprint density at radius 2 is 1.67 bits per heavy atom. The highest BCUT2D eigenvalue weighted by Gasteiger charge is 2.30. The molecule has 1 aliphatic rings. The van der Waals surface area contributed by atoms with Crippen LogP contribution < -0.4 is 5.32 Å². The Kier molecular flexibility index (Phi) is 8.81. The van der Waals surface area contributed by atoms with E-state index in [0.717, 1.165) is 23.3 Å². The first-order valence-corrected chi connectivity index (χ1v) is 12.0. The van der Waals surface area contributed by atoms with Gasteiger partial charge in [-0.2, -0.15) is 0 Å². The van der Waals surface area contributed by atoms with Crippen molar-refractivity contribution in [2.45, 2.75) is 69.0 Å². The minimum atomic E-state index is -0.431. The van der Waals surface area contributed by atoms with Crippen LogP contribution in [0.15, 0.2) is 65.6 Å². The molecule has 0 bridgehead atoms. The highest BCUT2D eigenvalue weighted by molar-refractivity contribution is 7.99. The molecule has 0 unspecified atom stereocenters. The largest absolute Gasteiger partial charge is 0.352 e. The fraction of sp³-hybridized carbons (Fsp3) is 0.440. The number of amides is 2. The van der Waals surface area contributed by atoms with E-state index in [1.54, 1.807) is 16.7 Å². The quantitative estimate of drug-likeness (QED) is 0.544. The number of rotatable bonds is 10. The van der Waals surface area contributed by atoms with Gasteiger partial charge in [-0.1, -0.05) is 68.3 Å². The molecule has 2 amide bonds. The van der Waals surface area contributed by atoms with E-state index in [-0.39, 0.29) is 17.9 Å². The summed E-state index contributed by atoms with van der Waals surface area (Å²) in [6.07, 6.45) is 5.46. The van der Waals surface area contributed by atoms with E-state index >= 15 is 0 Å². The monoisotopic (exact) mass is 424 g/mol. The van der Waals surface area contributed by atoms with E-state index in [4.69, 9.17) is 0 Å². The zero-order valence-electron chi connectivity index (χ0n) is 17.8. The van der Waals surface area contributed by atoms with Gasteiger partial charge >= 0.3 is 0 Å². The van der Waals surface area contributed by atoms with Crippen molar-refractivity contribution in [1.29, 1.82) is 0 Å². The van der Waals surface area contributed by atoms with Gasteiger partial charge in [0, 0.05) is 29.7 Å². The van der Waals surface area contributed by atoms with Crippen LogP contribution in [0.1, 0.15) is 51.0 Å². The van der Waals surface area contributed by atoms with E-state index < -0.39 is 6.04 Å². The van der Waals surface area contributed by atoms with Crippen molar-refractivity contribution in [2.75, 3.05) is 5.75 Å². The maximum absolute atomic E-state index is 13.2. The maximum atomic E-state index is 13.2. The highest BCUT2D eigenvalue weighted by Crippen LogP contribution is 2.21. The minimum Gasteiger partial charge on any atom is -0.352 e. The molecule has 5 heteroatoms. The fourth-order valence-corrected chi connectivity index (χ4v) is 4.85. The lowest BCUT2D eigenvalue weighted by molar-refractivity contribution is -0.141. The van der Waals surface area contributed by atoms with Gasteiger partial charge < -0.3 is 10.2 Å². The van der Waals surface area contributed by atoms with Crippen LogP contribution in [-0.2, 0) is 16.1 Å². The second kappa shape index (κ2) is 11.8. The van der Waals surface area contributed by atoms with Crippen LogP contribution >= 0.6 is 11.8 Å². The number of carbonyl (C=O) groups excluding carboxylic acids is 2. The molecule has 0 aromatic heterocycles. The smallest absolute Gasteiger partial charge is 0.243 e. The fourth-order valence-electron chi connectivity index (χ4n) is 3.98. The van der Waals surface area contributed by atoms with Gasteiger partial charge in [-0.05, 0) is 37.0 Å². The van der Waals surface area contributed by atoms with Crippen molar-refractivity contribution in [3.05, 3.63) is 66.2 Å². The number of nitrogens with one attached hydrogen (secondary N) is 1. The molecule has 0 heterocycles. The molecule has 1 fully saturated rings. The van der Waals surface area contributed by atoms with Crippen LogP contribution in [-0.4, -0.2) is 34.6 Å². The number of nitrogens with zero attached hydrogens (tertiary/aromatic N) is 1. The summed E-state index contributed by atoms with van der Waals surface area (Å²) in [7, 11) is 0. The zero-order chi connectivity index (χ0) is 21.2. The Morgan fingerprint density at radius 1 is 1.03 bits per heavy atom. The van der Waals surface area contributed by atoms with Crippen LogP contribution in [0.4, 0.5) is 0 Å². The standard InChI is InChI=1S/C25H32N2O2S/c1-2-23(25(29)26-21-13-9-10-14-21)27(19-20-11-5-3-6-12-20)24(28)17-18-30-22-15-7-4-8-16-22/h3-8,11-12,15-16,21,23H,2,9-10,13-14,17-19H2,1H3,(H,26,29)/t23-/m0/s1. The molecule has 3 rings (SSSR count). The minimum absolute atomic E-state index is 0.00982. The third kappa shape index (κ3) is 6.63. The number of thioether (sulfide) groups is 1. The van der Waals surface area contributed by atoms with Crippen LogP contribution in [0.2, 0.25) is 0 Å². The summed E-state index contributed by atoms with van der Waals surface area (Å²) in [5.74, 6) is 0.731. The normalized spacial score (nSPS) is 15.0. The molecule has 1 N–H and O–H groups in total. The van der Waals surface area contributed by atoms with Gasteiger partial charge in [0.25, 0.3) is 0 Å². The molecule has 2 aromatic rings. The van der Waals surface area contributed by atoms with Crippen molar-refractivity contribution < 1.29 is 9.59 Å². The topological polar surface area (TPSA) is 49.4 Å². The predicted molar refractivity (Wildman–Crippen MR) is 123 cm³/mol. The SMILES string of the molecule is CC[C@@H](C(=O)NC1CCCC1)N(Cc1ccccc1)C(=O)CCSc1ccccc1. The lowest BCUT2D eigenvalue weighted by atomic mass is 10.1. The molecule has 1 atom stereocenters. The molecular formula is C25H32N2O2S. The predicted octanol–water partition coefficient (Wildman–Crippen LogP) is 5.04. The van der Waals surface area contributed by atoms with E-state index in [1.165, 1.54) is 12.8 Å². The summed E-state index contributed by atoms with van der Waals surface area (Å²) in [6, 6.07) is 19.9. The first-order chi connectivity index (χ1) is 14.7. The van der Waals surface area contributed by atoms with E-state index in [0.29, 0.717) is 25.1 Å². The van der Waals surface area contributed by atoms with Crippen LogP contribution in [0, 0.1) is 0 Å². The van der Waals surface area contributed by atoms with Crippen LogP contribution in [0.5, 0.6) is 0 Å². The molecule has 1 saturated carbocycles. The first kappa shape index (κ1) is 22.4. The first-order valence-electron chi connectivity index (χ1n) is 11.0. The zero-order valence-corrected chi connectivity index (χ0v) is 18.6. The molecule has 0 saturated heterocycles. The summed E-state index contributed by atoms with van der Waals surface area (Å²) in [4.78, 5) is 29.2. The Bertz CT molecular complexity index is 791. The molecule has 0 aliphatic heterocycles. The summed E-state index contributed by atoms with van der Waals surface area (Å²) in [5.41, 5.74) is 1.05. The maximum Gasteiger partial charge on any atom is 0.243 e. The average molecular weight is 425 g/mol. The highest BCUT2D eigenvalue weighted by atomic mass is 32.2. The molecular weight excluding hydrogens is 392 g/mol. The van der Waals surface area contributed by atoms with E-state index in [2.05, 4.69) is 17.4 Å². The summed E-state index contributed by atoms with van der Waals surface area (Å²) in [6.45, 7) is 2.45. The molecule has 0 radical (unpaired) electrons. The molecule has 1 aliphatic carbocycles. The van der Waals surface area contributed by atoms with Crippen molar-refractivity contribution in [3.63, 3.8) is 0 Å². The Balaban J connectivity index is 1.67. The molecule has 0 spiro atoms. The lowest BCUT2D eigenvalue weighted by Gasteiger charge is -2.31. The Labute approximate surface area is 184 Å². The third-order valence-electron chi connectivity index (χ3n) is 5.61. The summed E-state index contributed by atoms with van der Waals surface area (Å²) < 4.78 is 0. The lowest BCUT2D eigenvalue weighted by Crippen LogP contribution is -2.51. The Hall–Kier alpha value is -2.27. The molecule has 160 valence electrons. The van der Waals surface area contributed by atoms with Crippen molar-refractivity contribution >= 4 is 23.6 Å². The van der Waals surface area contributed by atoms with Gasteiger partial charge in [0.05, 0.1) is 0 Å². The van der Waals surface area contributed by atoms with Gasteiger partial charge in [-0.25, -0.2) is 0 Å². The average Bonchev–Trinajstić information content (AvgIpc) is 3.28. The van der Waals surface area contributed by atoms with Gasteiger partial charge in [0.2, 0.25) is 11.8 Å². The summed E-state index contributed by atoms with van der Waals surface area (Å²) >= 11 is 1.68. The van der Waals surface area contributed by atoms with Crippen LogP contribution in [0.3, 0.4) is 0 Å². The van der Waals surface area contributed by atoms with Gasteiger partial charge in [-0.3, -0.25) is 9.59 Å². The third-order valence-corrected chi connectivity index (χ3v) is 6.62. The Morgan fingerprint density at radius 3 is 2.30 bits per heavy atom. The number of carbonyl (C=O) groups is 2. The summed E-state index contributed by atoms with van der Waals surface area (Å²) in [5, 5.41) is 3.19. The van der Waals surface area contributed by atoms with E-state index in [1.807, 2.05) is 55.5 Å². The van der Waals surface area contributed by atoms with E-state index in [9.17, 15) is 9.59 Å². The van der Waals surface area contributed by atoms with Crippen molar-refractivity contribution in [2.24, 2.45) is 0 Å². The second-order valence-electron chi connectivity index (χ2n) is 7.83. The van der Waals surface area contributed by atoms with Crippen molar-refractivity contribution in [1.82, 2.24) is 10.2 Å². The van der Waals surface area contributed by atoms with Gasteiger partial charge in [-0.15, -0.1) is 11.8 Å². The molecule has 30 heavy (non-hydrogen) atoms. The number of benzene rings is 2. The van der Waals surface area contributed by atoms with Gasteiger partial charge in [0.15, 0.2) is 0 Å². The molecule has 4 nitrogen and oxygen atoms in total. The van der Waals surface area contributed by atoms with Gasteiger partial charge in [0.1, 0.15) is 6.04 Å². The molecule has 2 aromatic carbocycles. The number of hydrogen-bond donors (Lipinski definition) is 1. The van der Waals surface area contributed by atoms with Crippen LogP contribution in [0.25, 0.3) is 0 Å².